The molecule has 2 atom stereocenters. The number of thioether (sulfide) groups is 1. The van der Waals surface area contributed by atoms with Crippen molar-refractivity contribution in [3.8, 4) is 0 Å². The number of nitrogens with one attached hydrogen (secondary N) is 2. The first-order chi connectivity index (χ1) is 8.63. The van der Waals surface area contributed by atoms with Gasteiger partial charge in [-0.1, -0.05) is 0 Å². The number of esters is 1. The molecule has 1 amide bonds. The Balaban J connectivity index is 2.08. The van der Waals surface area contributed by atoms with Crippen LogP contribution in [0, 0.1) is 5.92 Å². The Kier molecular flexibility index (Phi) is 7.12. The normalized spacial score (nSPS) is 23.4. The molecule has 1 heterocycles. The summed E-state index contributed by atoms with van der Waals surface area (Å²) >= 11 is 1.47. The van der Waals surface area contributed by atoms with Gasteiger partial charge in [0.2, 0.25) is 5.91 Å². The van der Waals surface area contributed by atoms with Crippen LogP contribution in [0.25, 0.3) is 0 Å². The van der Waals surface area contributed by atoms with E-state index in [2.05, 4.69) is 22.3 Å². The van der Waals surface area contributed by atoms with Gasteiger partial charge in [0.25, 0.3) is 0 Å². The number of carbonyl (C=O) groups is 2. The molecule has 6 heteroatoms. The molecule has 1 rings (SSSR count). The summed E-state index contributed by atoms with van der Waals surface area (Å²) in [4.78, 5) is 22.7. The van der Waals surface area contributed by atoms with Gasteiger partial charge < -0.3 is 15.4 Å². The van der Waals surface area contributed by atoms with Gasteiger partial charge in [-0.3, -0.25) is 9.59 Å². The first-order valence-corrected chi connectivity index (χ1v) is 7.44. The van der Waals surface area contributed by atoms with E-state index in [0.29, 0.717) is 18.3 Å². The predicted octanol–water partition coefficient (Wildman–Crippen LogP) is 0.397. The lowest BCUT2D eigenvalue weighted by molar-refractivity contribution is -0.137. The molecule has 1 aliphatic heterocycles. The van der Waals surface area contributed by atoms with Gasteiger partial charge in [-0.2, -0.15) is 0 Å². The molecule has 0 aromatic rings. The third-order valence-corrected chi connectivity index (χ3v) is 3.92. The van der Waals surface area contributed by atoms with Gasteiger partial charge >= 0.3 is 5.97 Å². The molecule has 18 heavy (non-hydrogen) atoms. The number of piperidine rings is 1. The minimum absolute atomic E-state index is 0.131. The van der Waals surface area contributed by atoms with E-state index in [1.165, 1.54) is 18.9 Å². The maximum Gasteiger partial charge on any atom is 0.315 e. The Morgan fingerprint density at radius 3 is 2.94 bits per heavy atom. The van der Waals surface area contributed by atoms with Crippen LogP contribution in [0.5, 0.6) is 0 Å². The van der Waals surface area contributed by atoms with Crippen molar-refractivity contribution in [2.24, 2.45) is 5.92 Å². The molecule has 1 aliphatic rings. The summed E-state index contributed by atoms with van der Waals surface area (Å²) in [7, 11) is 1.38. The van der Waals surface area contributed by atoms with Crippen LogP contribution in [0.2, 0.25) is 0 Å². The second-order valence-corrected chi connectivity index (χ2v) is 5.60. The standard InChI is InChI=1S/C12H22N2O3S/c1-9-7-10(3-4-13-9)12(16)14-5-6-18-8-11(15)17-2/h9-10,13H,3-8H2,1-2H3,(H,14,16)/t9-,10-/m0/s1. The van der Waals surface area contributed by atoms with Crippen LogP contribution in [0.4, 0.5) is 0 Å². The van der Waals surface area contributed by atoms with E-state index in [1.54, 1.807) is 0 Å². The molecule has 0 saturated carbocycles. The number of carbonyl (C=O) groups excluding carboxylic acids is 2. The van der Waals surface area contributed by atoms with E-state index in [0.717, 1.165) is 25.1 Å². The molecule has 2 N–H and O–H groups in total. The lowest BCUT2D eigenvalue weighted by atomic mass is 9.92. The zero-order valence-corrected chi connectivity index (χ0v) is 11.8. The van der Waals surface area contributed by atoms with Gasteiger partial charge in [0.1, 0.15) is 0 Å². The van der Waals surface area contributed by atoms with Crippen LogP contribution in [0.1, 0.15) is 19.8 Å². The van der Waals surface area contributed by atoms with Crippen molar-refractivity contribution < 1.29 is 14.3 Å². The van der Waals surface area contributed by atoms with Crippen LogP contribution in [0.3, 0.4) is 0 Å². The molecular weight excluding hydrogens is 252 g/mol. The number of rotatable bonds is 6. The topological polar surface area (TPSA) is 67.4 Å². The van der Waals surface area contributed by atoms with E-state index in [9.17, 15) is 9.59 Å². The Morgan fingerprint density at radius 2 is 2.28 bits per heavy atom. The zero-order chi connectivity index (χ0) is 13.4. The SMILES string of the molecule is COC(=O)CSCCNC(=O)[C@H]1CCN[C@@H](C)C1. The van der Waals surface area contributed by atoms with E-state index in [-0.39, 0.29) is 17.8 Å². The van der Waals surface area contributed by atoms with Crippen molar-refractivity contribution in [1.82, 2.24) is 10.6 Å². The monoisotopic (exact) mass is 274 g/mol. The van der Waals surface area contributed by atoms with E-state index in [4.69, 9.17) is 0 Å². The Morgan fingerprint density at radius 1 is 1.50 bits per heavy atom. The minimum Gasteiger partial charge on any atom is -0.468 e. The summed E-state index contributed by atoms with van der Waals surface area (Å²) in [6.45, 7) is 3.63. The first-order valence-electron chi connectivity index (χ1n) is 6.29. The van der Waals surface area contributed by atoms with Crippen LogP contribution in [0.15, 0.2) is 0 Å². The van der Waals surface area contributed by atoms with Crippen molar-refractivity contribution in [3.05, 3.63) is 0 Å². The van der Waals surface area contributed by atoms with Gasteiger partial charge in [0.05, 0.1) is 12.9 Å². The quantitative estimate of drug-likeness (QED) is 0.542. The number of ether oxygens (including phenoxy) is 1. The third-order valence-electron chi connectivity index (χ3n) is 2.99. The van der Waals surface area contributed by atoms with Crippen molar-refractivity contribution in [2.45, 2.75) is 25.8 Å². The van der Waals surface area contributed by atoms with Crippen molar-refractivity contribution in [1.29, 1.82) is 0 Å². The second-order valence-electron chi connectivity index (χ2n) is 4.50. The summed E-state index contributed by atoms with van der Waals surface area (Å²) in [6.07, 6.45) is 1.81. The molecular formula is C12H22N2O3S. The maximum absolute atomic E-state index is 11.9. The molecule has 0 aliphatic carbocycles. The van der Waals surface area contributed by atoms with Gasteiger partial charge in [0.15, 0.2) is 0 Å². The third kappa shape index (κ3) is 5.73. The van der Waals surface area contributed by atoms with E-state index >= 15 is 0 Å². The molecule has 104 valence electrons. The second kappa shape index (κ2) is 8.37. The number of methoxy groups -OCH3 is 1. The smallest absolute Gasteiger partial charge is 0.315 e. The first kappa shape index (κ1) is 15.3. The van der Waals surface area contributed by atoms with Gasteiger partial charge in [-0.15, -0.1) is 11.8 Å². The largest absolute Gasteiger partial charge is 0.468 e. The zero-order valence-electron chi connectivity index (χ0n) is 11.0. The highest BCUT2D eigenvalue weighted by Crippen LogP contribution is 2.15. The molecule has 0 aromatic heterocycles. The number of amides is 1. The van der Waals surface area contributed by atoms with Crippen molar-refractivity contribution in [2.75, 3.05) is 31.7 Å². The minimum atomic E-state index is -0.224. The molecule has 5 nitrogen and oxygen atoms in total. The molecule has 0 unspecified atom stereocenters. The fourth-order valence-electron chi connectivity index (χ4n) is 1.98. The summed E-state index contributed by atoms with van der Waals surface area (Å²) in [6, 6.07) is 0.420. The molecule has 0 bridgehead atoms. The summed E-state index contributed by atoms with van der Waals surface area (Å²) in [5.74, 6) is 1.13. The Hall–Kier alpha value is -0.750. The highest BCUT2D eigenvalue weighted by atomic mass is 32.2. The van der Waals surface area contributed by atoms with Gasteiger partial charge in [-0.25, -0.2) is 0 Å². The van der Waals surface area contributed by atoms with Crippen molar-refractivity contribution in [3.63, 3.8) is 0 Å². The maximum atomic E-state index is 11.9. The number of hydrogen-bond donors (Lipinski definition) is 2. The Labute approximate surface area is 112 Å². The molecule has 0 spiro atoms. The predicted molar refractivity (Wildman–Crippen MR) is 72.5 cm³/mol. The average Bonchev–Trinajstić information content (AvgIpc) is 2.37. The Bertz CT molecular complexity index is 286. The van der Waals surface area contributed by atoms with Crippen LogP contribution >= 0.6 is 11.8 Å². The summed E-state index contributed by atoms with van der Waals surface area (Å²) in [5, 5.41) is 6.25. The summed E-state index contributed by atoms with van der Waals surface area (Å²) < 4.78 is 4.53. The van der Waals surface area contributed by atoms with E-state index in [1.807, 2.05) is 0 Å². The fraction of sp³-hybridized carbons (Fsp3) is 0.833. The van der Waals surface area contributed by atoms with Crippen LogP contribution in [-0.2, 0) is 14.3 Å². The average molecular weight is 274 g/mol. The lowest BCUT2D eigenvalue weighted by Crippen LogP contribution is -2.42. The van der Waals surface area contributed by atoms with Crippen LogP contribution in [-0.4, -0.2) is 49.6 Å². The number of hydrogen-bond acceptors (Lipinski definition) is 5. The molecule has 0 radical (unpaired) electrons. The fourth-order valence-corrected chi connectivity index (χ4v) is 2.65. The van der Waals surface area contributed by atoms with Gasteiger partial charge in [0, 0.05) is 24.3 Å². The molecule has 1 fully saturated rings. The molecule has 1 saturated heterocycles. The summed E-state index contributed by atoms with van der Waals surface area (Å²) in [5.41, 5.74) is 0. The van der Waals surface area contributed by atoms with E-state index < -0.39 is 0 Å². The highest BCUT2D eigenvalue weighted by Gasteiger charge is 2.24. The van der Waals surface area contributed by atoms with Gasteiger partial charge in [-0.05, 0) is 26.3 Å². The highest BCUT2D eigenvalue weighted by molar-refractivity contribution is 7.99. The van der Waals surface area contributed by atoms with Crippen LogP contribution < -0.4 is 10.6 Å². The molecule has 0 aromatic carbocycles. The van der Waals surface area contributed by atoms with Crippen molar-refractivity contribution >= 4 is 23.6 Å². The lowest BCUT2D eigenvalue weighted by Gasteiger charge is -2.27.